The lowest BCUT2D eigenvalue weighted by atomic mass is 10.0. The van der Waals surface area contributed by atoms with Crippen LogP contribution >= 0.6 is 0 Å². The third-order valence-electron chi connectivity index (χ3n) is 13.4. The molecule has 5 heteroatoms. The zero-order chi connectivity index (χ0) is 49.2. The summed E-state index contributed by atoms with van der Waals surface area (Å²) < 4.78 is 17.5. The monoisotopic (exact) mass is 953 g/mol. The number of esters is 2. The van der Waals surface area contributed by atoms with Gasteiger partial charge < -0.3 is 14.2 Å². The molecule has 0 amide bonds. The van der Waals surface area contributed by atoms with Crippen LogP contribution in [0.5, 0.6) is 0 Å². The Morgan fingerprint density at radius 2 is 0.559 bits per heavy atom. The number of rotatable bonds is 56. The van der Waals surface area contributed by atoms with Crippen LogP contribution in [-0.2, 0) is 23.8 Å². The van der Waals surface area contributed by atoms with Crippen molar-refractivity contribution in [1.82, 2.24) is 0 Å². The lowest BCUT2D eigenvalue weighted by Crippen LogP contribution is -2.29. The lowest BCUT2D eigenvalue weighted by Gasteiger charge is -2.18. The van der Waals surface area contributed by atoms with Crippen molar-refractivity contribution < 1.29 is 23.8 Å². The molecule has 0 aromatic carbocycles. The average molecular weight is 954 g/mol. The van der Waals surface area contributed by atoms with Gasteiger partial charge in [0.05, 0.1) is 0 Å². The highest BCUT2D eigenvalue weighted by molar-refractivity contribution is 5.69. The molecule has 0 heterocycles. The summed E-state index contributed by atoms with van der Waals surface area (Å²) in [6.45, 7) is 7.72. The number of unbranched alkanes of at least 4 members (excludes halogenated alkanes) is 37. The largest absolute Gasteiger partial charge is 0.463 e. The van der Waals surface area contributed by atoms with Crippen LogP contribution in [0.1, 0.15) is 316 Å². The predicted octanol–water partition coefficient (Wildman–Crippen LogP) is 20.7. The van der Waals surface area contributed by atoms with Crippen molar-refractivity contribution in [1.29, 1.82) is 0 Å². The van der Waals surface area contributed by atoms with Crippen LogP contribution in [0.4, 0.5) is 0 Å². The van der Waals surface area contributed by atoms with Crippen molar-refractivity contribution in [3.63, 3.8) is 0 Å². The van der Waals surface area contributed by atoms with Crippen molar-refractivity contribution in [3.8, 4) is 0 Å². The highest BCUT2D eigenvalue weighted by Crippen LogP contribution is 2.16. The second-order valence-electron chi connectivity index (χ2n) is 20.2. The molecule has 0 aliphatic rings. The standard InChI is InChI=1S/C63H116O5/c1-4-7-10-13-16-19-22-25-28-31-32-34-36-39-42-45-48-51-54-57-63(65)68-60-61(66-58-55-52-49-46-43-40-37-30-27-24-21-18-15-12-9-6-3)59-67-62(64)56-53-50-47-44-41-38-35-33-29-26-23-20-17-14-11-8-5-2/h16-17,19-20,25-26,28-29,61H,4-15,18,21-24,27,30-60H2,1-3H3/b19-16-,20-17-,28-25-,29-26-/t61-/m0/s1. The molecule has 0 aliphatic carbocycles. The SMILES string of the molecule is CCCCC/C=C\C/C=C\CCCCCCCCCCCC(=O)OC[C@H](COC(=O)CCCCCCCCC/C=C\C/C=C\CCCCC)OCCCCCCCCCCCCCCCCCC. The second kappa shape index (κ2) is 59.2. The average Bonchev–Trinajstić information content (AvgIpc) is 3.34. The van der Waals surface area contributed by atoms with E-state index in [-0.39, 0.29) is 25.2 Å². The summed E-state index contributed by atoms with van der Waals surface area (Å²) in [6.07, 6.45) is 74.4. The first-order valence-electron chi connectivity index (χ1n) is 30.2. The van der Waals surface area contributed by atoms with E-state index in [9.17, 15) is 9.59 Å². The van der Waals surface area contributed by atoms with Crippen molar-refractivity contribution in [2.45, 2.75) is 322 Å². The molecule has 0 saturated carbocycles. The summed E-state index contributed by atoms with van der Waals surface area (Å²) in [5.41, 5.74) is 0. The summed E-state index contributed by atoms with van der Waals surface area (Å²) in [6, 6.07) is 0. The van der Waals surface area contributed by atoms with Crippen LogP contribution in [0.25, 0.3) is 0 Å². The highest BCUT2D eigenvalue weighted by atomic mass is 16.6. The van der Waals surface area contributed by atoms with Gasteiger partial charge in [-0.2, -0.15) is 0 Å². The number of ether oxygens (including phenoxy) is 3. The van der Waals surface area contributed by atoms with Crippen molar-refractivity contribution in [2.24, 2.45) is 0 Å². The van der Waals surface area contributed by atoms with Gasteiger partial charge in [0.2, 0.25) is 0 Å². The molecule has 5 nitrogen and oxygen atoms in total. The molecule has 0 fully saturated rings. The van der Waals surface area contributed by atoms with Gasteiger partial charge in [0.1, 0.15) is 19.3 Å². The summed E-state index contributed by atoms with van der Waals surface area (Å²) in [7, 11) is 0. The Labute approximate surface area is 424 Å². The maximum atomic E-state index is 12.7. The zero-order valence-corrected chi connectivity index (χ0v) is 45.9. The van der Waals surface area contributed by atoms with Gasteiger partial charge in [-0.05, 0) is 83.5 Å². The number of allylic oxidation sites excluding steroid dienone is 8. The quantitative estimate of drug-likeness (QED) is 0.0345. The van der Waals surface area contributed by atoms with Gasteiger partial charge in [0.15, 0.2) is 0 Å². The fourth-order valence-corrected chi connectivity index (χ4v) is 8.78. The topological polar surface area (TPSA) is 61.8 Å². The van der Waals surface area contributed by atoms with Crippen LogP contribution in [0.15, 0.2) is 48.6 Å². The van der Waals surface area contributed by atoms with Crippen LogP contribution in [0.2, 0.25) is 0 Å². The molecule has 68 heavy (non-hydrogen) atoms. The summed E-state index contributed by atoms with van der Waals surface area (Å²) >= 11 is 0. The molecule has 1 atom stereocenters. The van der Waals surface area contributed by atoms with E-state index in [0.717, 1.165) is 51.4 Å². The molecule has 0 unspecified atom stereocenters. The summed E-state index contributed by atoms with van der Waals surface area (Å²) in [5.74, 6) is -0.333. The summed E-state index contributed by atoms with van der Waals surface area (Å²) in [5, 5.41) is 0. The minimum Gasteiger partial charge on any atom is -0.463 e. The zero-order valence-electron chi connectivity index (χ0n) is 45.9. The molecule has 0 bridgehead atoms. The number of carbonyl (C=O) groups is 2. The van der Waals surface area contributed by atoms with E-state index in [1.165, 1.54) is 231 Å². The molecular formula is C63H116O5. The third kappa shape index (κ3) is 56.4. The minimum absolute atomic E-state index is 0.155. The second-order valence-corrected chi connectivity index (χ2v) is 20.2. The molecule has 0 aliphatic heterocycles. The van der Waals surface area contributed by atoms with E-state index in [2.05, 4.69) is 69.4 Å². The minimum atomic E-state index is -0.403. The maximum Gasteiger partial charge on any atom is 0.305 e. The van der Waals surface area contributed by atoms with E-state index in [1.807, 2.05) is 0 Å². The number of hydrogen-bond donors (Lipinski definition) is 0. The fraction of sp³-hybridized carbons (Fsp3) is 0.841. The molecule has 0 rings (SSSR count). The van der Waals surface area contributed by atoms with E-state index < -0.39 is 6.10 Å². The first-order valence-corrected chi connectivity index (χ1v) is 30.2. The summed E-state index contributed by atoms with van der Waals surface area (Å²) in [4.78, 5) is 25.4. The van der Waals surface area contributed by atoms with Crippen molar-refractivity contribution in [3.05, 3.63) is 48.6 Å². The highest BCUT2D eigenvalue weighted by Gasteiger charge is 2.16. The van der Waals surface area contributed by atoms with Gasteiger partial charge >= 0.3 is 11.9 Å². The third-order valence-corrected chi connectivity index (χ3v) is 13.4. The van der Waals surface area contributed by atoms with Crippen LogP contribution in [0.3, 0.4) is 0 Å². The Balaban J connectivity index is 4.24. The lowest BCUT2D eigenvalue weighted by molar-refractivity contribution is -0.155. The van der Waals surface area contributed by atoms with Gasteiger partial charge in [-0.25, -0.2) is 0 Å². The Kier molecular flexibility index (Phi) is 57.3. The first-order chi connectivity index (χ1) is 33.6. The molecular weight excluding hydrogens is 837 g/mol. The number of hydrogen-bond acceptors (Lipinski definition) is 5. The molecule has 0 N–H and O–H groups in total. The van der Waals surface area contributed by atoms with Crippen molar-refractivity contribution in [2.75, 3.05) is 19.8 Å². The Morgan fingerprint density at radius 3 is 0.882 bits per heavy atom. The molecule has 0 aromatic heterocycles. The Bertz CT molecular complexity index is 1120. The van der Waals surface area contributed by atoms with Gasteiger partial charge in [0, 0.05) is 19.4 Å². The molecule has 398 valence electrons. The van der Waals surface area contributed by atoms with Gasteiger partial charge in [-0.1, -0.05) is 268 Å². The van der Waals surface area contributed by atoms with E-state index in [1.54, 1.807) is 0 Å². The van der Waals surface area contributed by atoms with Crippen LogP contribution in [0, 0.1) is 0 Å². The first kappa shape index (κ1) is 65.9. The molecule has 0 aromatic rings. The van der Waals surface area contributed by atoms with E-state index in [4.69, 9.17) is 14.2 Å². The fourth-order valence-electron chi connectivity index (χ4n) is 8.78. The normalized spacial score (nSPS) is 12.5. The maximum absolute atomic E-state index is 12.7. The van der Waals surface area contributed by atoms with Gasteiger partial charge in [-0.15, -0.1) is 0 Å². The van der Waals surface area contributed by atoms with Gasteiger partial charge in [0.25, 0.3) is 0 Å². The molecule has 0 saturated heterocycles. The van der Waals surface area contributed by atoms with Crippen LogP contribution in [-0.4, -0.2) is 37.9 Å². The molecule has 0 spiro atoms. The Morgan fingerprint density at radius 1 is 0.309 bits per heavy atom. The van der Waals surface area contributed by atoms with E-state index >= 15 is 0 Å². The predicted molar refractivity (Wildman–Crippen MR) is 298 cm³/mol. The van der Waals surface area contributed by atoms with Crippen molar-refractivity contribution >= 4 is 11.9 Å². The van der Waals surface area contributed by atoms with E-state index in [0.29, 0.717) is 19.4 Å². The smallest absolute Gasteiger partial charge is 0.305 e. The van der Waals surface area contributed by atoms with Gasteiger partial charge in [-0.3, -0.25) is 9.59 Å². The Hall–Kier alpha value is -2.14. The molecule has 0 radical (unpaired) electrons. The van der Waals surface area contributed by atoms with Crippen LogP contribution < -0.4 is 0 Å². The number of carbonyl (C=O) groups excluding carboxylic acids is 2.